The Hall–Kier alpha value is -0.440. The van der Waals surface area contributed by atoms with E-state index in [4.69, 9.17) is 0 Å². The molecule has 1 aromatic heterocycles. The van der Waals surface area contributed by atoms with Crippen LogP contribution in [0.2, 0.25) is 0 Å². The highest BCUT2D eigenvalue weighted by atomic mass is 32.1. The molecule has 1 N–H and O–H groups in total. The maximum Gasteiger partial charge on any atom is 0.264 e. The van der Waals surface area contributed by atoms with Gasteiger partial charge < -0.3 is 10.2 Å². The predicted molar refractivity (Wildman–Crippen MR) is 68.7 cm³/mol. The molecule has 0 spiro atoms. The molecule has 0 aliphatic carbocycles. The molecule has 0 bridgehead atoms. The lowest BCUT2D eigenvalue weighted by molar-refractivity contribution is 0.0740. The third-order valence-electron chi connectivity index (χ3n) is 2.14. The van der Waals surface area contributed by atoms with Gasteiger partial charge in [-0.1, -0.05) is 12.7 Å². The van der Waals surface area contributed by atoms with Crippen LogP contribution in [0.3, 0.4) is 0 Å². The number of thiophene rings is 1. The minimum absolute atomic E-state index is 0.177. The van der Waals surface area contributed by atoms with Gasteiger partial charge in [-0.25, -0.2) is 0 Å². The first kappa shape index (κ1) is 12.6. The van der Waals surface area contributed by atoms with Gasteiger partial charge in [0.25, 0.3) is 5.91 Å². The van der Waals surface area contributed by atoms with Gasteiger partial charge in [-0.3, -0.25) is 4.79 Å². The summed E-state index contributed by atoms with van der Waals surface area (Å²) in [5, 5.41) is 5.16. The van der Waals surface area contributed by atoms with Crippen LogP contribution in [0.4, 0.5) is 0 Å². The van der Waals surface area contributed by atoms with Gasteiger partial charge in [0.1, 0.15) is 0 Å². The van der Waals surface area contributed by atoms with Crippen molar-refractivity contribution in [1.29, 1.82) is 0 Å². The highest BCUT2D eigenvalue weighted by molar-refractivity contribution is 7.15. The van der Waals surface area contributed by atoms with Crippen molar-refractivity contribution < 1.29 is 4.79 Å². The Morgan fingerprint density at radius 2 is 2.13 bits per heavy atom. The highest BCUT2D eigenvalue weighted by Crippen LogP contribution is 2.12. The number of hydrogen-bond donors (Lipinski definition) is 1. The minimum Gasteiger partial charge on any atom is -0.335 e. The molecule has 1 aromatic rings. The Kier molecular flexibility index (Phi) is 5.84. The normalized spacial score (nSPS) is 15.5. The smallest absolute Gasteiger partial charge is 0.264 e. The van der Waals surface area contributed by atoms with E-state index in [0.29, 0.717) is 0 Å². The zero-order valence-electron chi connectivity index (χ0n) is 8.90. The largest absolute Gasteiger partial charge is 0.335 e. The summed E-state index contributed by atoms with van der Waals surface area (Å²) in [5.74, 6) is 0.177. The second-order valence-electron chi connectivity index (χ2n) is 3.02. The molecular weight excluding hydrogens is 227 g/mol. The molecule has 0 aromatic carbocycles. The van der Waals surface area contributed by atoms with Gasteiger partial charge in [0.15, 0.2) is 0 Å². The summed E-state index contributed by atoms with van der Waals surface area (Å²) >= 11 is 1.51. The fraction of sp³-hybridized carbons (Fsp3) is 0.500. The third kappa shape index (κ3) is 3.56. The first-order valence-electron chi connectivity index (χ1n) is 4.99. The van der Waals surface area contributed by atoms with E-state index in [2.05, 4.69) is 14.6 Å². The van der Waals surface area contributed by atoms with Gasteiger partial charge >= 0.3 is 0 Å². The number of piperazine rings is 1. The molecule has 1 aliphatic heterocycles. The standard InChI is InChI=1S/C9H12N2OS.CH5P/c12-9(8-2-1-7-13-8)11-5-3-10-4-6-11;1-2/h1-2,7,10H,3-6H2;2H2,1H3. The molecule has 1 amide bonds. The molecule has 1 aliphatic rings. The van der Waals surface area contributed by atoms with E-state index in [-0.39, 0.29) is 5.91 Å². The number of carbonyl (C=O) groups excluding carboxylic acids is 1. The average Bonchev–Trinajstić information content (AvgIpc) is 2.85. The molecule has 1 atom stereocenters. The summed E-state index contributed by atoms with van der Waals surface area (Å²) in [6, 6.07) is 3.80. The SMILES string of the molecule is CP.O=C(c1cccs1)N1CCNCC1. The summed E-state index contributed by atoms with van der Waals surface area (Å²) < 4.78 is 0. The molecular formula is C10H17N2OPS. The van der Waals surface area contributed by atoms with Gasteiger partial charge in [0, 0.05) is 26.2 Å². The predicted octanol–water partition coefficient (Wildman–Crippen LogP) is 1.28. The van der Waals surface area contributed by atoms with Crippen LogP contribution in [0.5, 0.6) is 0 Å². The number of carbonyl (C=O) groups is 1. The van der Waals surface area contributed by atoms with Crippen LogP contribution in [0.1, 0.15) is 9.67 Å². The number of hydrogen-bond acceptors (Lipinski definition) is 3. The van der Waals surface area contributed by atoms with Crippen LogP contribution in [0.25, 0.3) is 0 Å². The Morgan fingerprint density at radius 1 is 1.47 bits per heavy atom. The first-order valence-corrected chi connectivity index (χ1v) is 7.02. The van der Waals surface area contributed by atoms with Crippen LogP contribution < -0.4 is 5.32 Å². The lowest BCUT2D eigenvalue weighted by Crippen LogP contribution is -2.46. The topological polar surface area (TPSA) is 32.3 Å². The van der Waals surface area contributed by atoms with E-state index in [1.165, 1.54) is 11.3 Å². The Bertz CT molecular complexity index is 284. The molecule has 2 heterocycles. The van der Waals surface area contributed by atoms with Crippen molar-refractivity contribution in [2.75, 3.05) is 32.8 Å². The average molecular weight is 244 g/mol. The zero-order valence-corrected chi connectivity index (χ0v) is 10.9. The summed E-state index contributed by atoms with van der Waals surface area (Å²) in [4.78, 5) is 14.5. The van der Waals surface area contributed by atoms with Crippen LogP contribution in [-0.4, -0.2) is 43.7 Å². The van der Waals surface area contributed by atoms with Gasteiger partial charge in [0.05, 0.1) is 4.88 Å². The number of nitrogens with zero attached hydrogens (tertiary/aromatic N) is 1. The van der Waals surface area contributed by atoms with Crippen molar-refractivity contribution in [2.45, 2.75) is 0 Å². The maximum atomic E-state index is 11.8. The lowest BCUT2D eigenvalue weighted by Gasteiger charge is -2.26. The van der Waals surface area contributed by atoms with Crippen molar-refractivity contribution in [3.63, 3.8) is 0 Å². The van der Waals surface area contributed by atoms with Gasteiger partial charge in [-0.15, -0.1) is 20.6 Å². The fourth-order valence-electron chi connectivity index (χ4n) is 1.42. The molecule has 3 nitrogen and oxygen atoms in total. The monoisotopic (exact) mass is 244 g/mol. The summed E-state index contributed by atoms with van der Waals surface area (Å²) in [6.45, 7) is 5.40. The first-order chi connectivity index (χ1) is 7.38. The Morgan fingerprint density at radius 3 is 2.67 bits per heavy atom. The molecule has 2 rings (SSSR count). The van der Waals surface area contributed by atoms with Crippen molar-refractivity contribution in [3.05, 3.63) is 22.4 Å². The van der Waals surface area contributed by atoms with E-state index < -0.39 is 0 Å². The summed E-state index contributed by atoms with van der Waals surface area (Å²) in [6.07, 6.45) is 0. The maximum absolute atomic E-state index is 11.8. The number of amides is 1. The molecule has 15 heavy (non-hydrogen) atoms. The van der Waals surface area contributed by atoms with Crippen molar-refractivity contribution >= 4 is 26.5 Å². The van der Waals surface area contributed by atoms with Crippen LogP contribution in [0.15, 0.2) is 17.5 Å². The number of rotatable bonds is 1. The Balaban J connectivity index is 0.000000531. The van der Waals surface area contributed by atoms with Crippen molar-refractivity contribution in [3.8, 4) is 0 Å². The summed E-state index contributed by atoms with van der Waals surface area (Å²) in [5.41, 5.74) is 0. The summed E-state index contributed by atoms with van der Waals surface area (Å²) in [7, 11) is 2.42. The zero-order chi connectivity index (χ0) is 11.1. The van der Waals surface area contributed by atoms with E-state index in [9.17, 15) is 4.79 Å². The minimum atomic E-state index is 0.177. The fourth-order valence-corrected chi connectivity index (χ4v) is 2.11. The van der Waals surface area contributed by atoms with Crippen molar-refractivity contribution in [2.24, 2.45) is 0 Å². The van der Waals surface area contributed by atoms with Gasteiger partial charge in [-0.05, 0) is 11.4 Å². The van der Waals surface area contributed by atoms with Gasteiger partial charge in [-0.2, -0.15) is 0 Å². The van der Waals surface area contributed by atoms with Crippen LogP contribution in [-0.2, 0) is 0 Å². The van der Waals surface area contributed by atoms with Crippen LogP contribution >= 0.6 is 20.6 Å². The second-order valence-corrected chi connectivity index (χ2v) is 3.97. The molecule has 1 fully saturated rings. The molecule has 5 heteroatoms. The van der Waals surface area contributed by atoms with E-state index >= 15 is 0 Å². The molecule has 1 saturated heterocycles. The molecule has 1 unspecified atom stereocenters. The number of nitrogens with one attached hydrogen (secondary N) is 1. The lowest BCUT2D eigenvalue weighted by atomic mass is 10.3. The Labute approximate surface area is 97.1 Å². The van der Waals surface area contributed by atoms with Crippen LogP contribution in [0, 0.1) is 0 Å². The molecule has 84 valence electrons. The second kappa shape index (κ2) is 6.94. The van der Waals surface area contributed by atoms with Crippen molar-refractivity contribution in [1.82, 2.24) is 10.2 Å². The van der Waals surface area contributed by atoms with E-state index in [0.717, 1.165) is 31.1 Å². The van der Waals surface area contributed by atoms with Gasteiger partial charge in [0.2, 0.25) is 0 Å². The third-order valence-corrected chi connectivity index (χ3v) is 2.99. The van der Waals surface area contributed by atoms with E-state index in [1.807, 2.05) is 29.1 Å². The van der Waals surface area contributed by atoms with E-state index in [1.54, 1.807) is 0 Å². The molecule has 0 saturated carbocycles. The quantitative estimate of drug-likeness (QED) is 0.755. The molecule has 0 radical (unpaired) electrons. The highest BCUT2D eigenvalue weighted by Gasteiger charge is 2.17.